The molecule has 15 heavy (non-hydrogen) atoms. The normalized spacial score (nSPS) is 16.2. The summed E-state index contributed by atoms with van der Waals surface area (Å²) in [5.41, 5.74) is 2.53. The van der Waals surface area contributed by atoms with Gasteiger partial charge in [0.1, 0.15) is 0 Å². The zero-order valence-electron chi connectivity index (χ0n) is 8.81. The number of benzene rings is 1. The van der Waals surface area contributed by atoms with E-state index in [1.54, 1.807) is 6.92 Å². The van der Waals surface area contributed by atoms with E-state index in [-0.39, 0.29) is 5.92 Å². The van der Waals surface area contributed by atoms with Crippen molar-refractivity contribution in [3.63, 3.8) is 0 Å². The molecule has 1 aromatic carbocycles. The highest BCUT2D eigenvalue weighted by atomic mass is 16.4. The molecule has 2 rings (SSSR count). The number of anilines is 1. The molecular formula is C12H15NO2. The fourth-order valence-electron chi connectivity index (χ4n) is 2.00. The van der Waals surface area contributed by atoms with Crippen molar-refractivity contribution in [2.75, 3.05) is 18.0 Å². The minimum atomic E-state index is -0.723. The van der Waals surface area contributed by atoms with E-state index in [0.29, 0.717) is 6.54 Å². The molecule has 1 aliphatic rings. The number of carbonyl (C=O) groups is 1. The van der Waals surface area contributed by atoms with Gasteiger partial charge >= 0.3 is 5.97 Å². The predicted octanol–water partition coefficient (Wildman–Crippen LogP) is 1.77. The van der Waals surface area contributed by atoms with Crippen molar-refractivity contribution in [3.05, 3.63) is 29.8 Å². The van der Waals surface area contributed by atoms with Gasteiger partial charge in [-0.2, -0.15) is 0 Å². The number of aliphatic carboxylic acids is 1. The van der Waals surface area contributed by atoms with Crippen LogP contribution < -0.4 is 4.90 Å². The summed E-state index contributed by atoms with van der Waals surface area (Å²) < 4.78 is 0. The number of fused-ring (bicyclic) bond motifs is 1. The summed E-state index contributed by atoms with van der Waals surface area (Å²) in [6.45, 7) is 3.30. The number of carboxylic acid groups (broad SMARTS) is 1. The van der Waals surface area contributed by atoms with Crippen molar-refractivity contribution in [2.24, 2.45) is 5.92 Å². The molecule has 1 aliphatic heterocycles. The topological polar surface area (TPSA) is 40.5 Å². The molecular weight excluding hydrogens is 190 g/mol. The number of hydrogen-bond acceptors (Lipinski definition) is 2. The summed E-state index contributed by atoms with van der Waals surface area (Å²) in [4.78, 5) is 12.9. The lowest BCUT2D eigenvalue weighted by atomic mass is 10.1. The second kappa shape index (κ2) is 3.93. The summed E-state index contributed by atoms with van der Waals surface area (Å²) >= 11 is 0. The molecule has 0 spiro atoms. The second-order valence-corrected chi connectivity index (χ2v) is 4.06. The van der Waals surface area contributed by atoms with E-state index in [1.165, 1.54) is 11.3 Å². The van der Waals surface area contributed by atoms with Crippen LogP contribution >= 0.6 is 0 Å². The highest BCUT2D eigenvalue weighted by molar-refractivity contribution is 5.71. The van der Waals surface area contributed by atoms with E-state index in [0.717, 1.165) is 13.0 Å². The lowest BCUT2D eigenvalue weighted by molar-refractivity contribution is -0.140. The SMILES string of the molecule is CC(CN1CCc2ccccc21)C(=O)O. The Balaban J connectivity index is 2.11. The average molecular weight is 205 g/mol. The number of rotatable bonds is 3. The van der Waals surface area contributed by atoms with Crippen molar-refractivity contribution in [1.82, 2.24) is 0 Å². The monoisotopic (exact) mass is 205 g/mol. The van der Waals surface area contributed by atoms with Gasteiger partial charge in [0.05, 0.1) is 5.92 Å². The zero-order chi connectivity index (χ0) is 10.8. The molecule has 0 aromatic heterocycles. The summed E-state index contributed by atoms with van der Waals surface area (Å²) in [6.07, 6.45) is 1.03. The summed E-state index contributed by atoms with van der Waals surface area (Å²) in [7, 11) is 0. The van der Waals surface area contributed by atoms with Crippen LogP contribution in [0.15, 0.2) is 24.3 Å². The minimum absolute atomic E-state index is 0.309. The summed E-state index contributed by atoms with van der Waals surface area (Å²) in [5.74, 6) is -1.03. The van der Waals surface area contributed by atoms with Crippen LogP contribution in [0.3, 0.4) is 0 Å². The molecule has 3 heteroatoms. The van der Waals surface area contributed by atoms with Crippen LogP contribution in [0.4, 0.5) is 5.69 Å². The first-order chi connectivity index (χ1) is 7.18. The van der Waals surface area contributed by atoms with E-state index in [1.807, 2.05) is 12.1 Å². The number of carboxylic acids is 1. The molecule has 80 valence electrons. The molecule has 3 nitrogen and oxygen atoms in total. The smallest absolute Gasteiger partial charge is 0.308 e. The molecule has 0 saturated carbocycles. The Kier molecular flexibility index (Phi) is 2.62. The third-order valence-electron chi connectivity index (χ3n) is 2.90. The van der Waals surface area contributed by atoms with Crippen LogP contribution in [0.25, 0.3) is 0 Å². The largest absolute Gasteiger partial charge is 0.481 e. The van der Waals surface area contributed by atoms with Gasteiger partial charge in [0.15, 0.2) is 0 Å². The molecule has 0 bridgehead atoms. The first-order valence-corrected chi connectivity index (χ1v) is 5.24. The van der Waals surface area contributed by atoms with Gasteiger partial charge in [-0.25, -0.2) is 0 Å². The summed E-state index contributed by atoms with van der Waals surface area (Å²) in [6, 6.07) is 8.21. The molecule has 1 N–H and O–H groups in total. The van der Waals surface area contributed by atoms with Crippen molar-refractivity contribution < 1.29 is 9.90 Å². The van der Waals surface area contributed by atoms with Gasteiger partial charge in [-0.1, -0.05) is 25.1 Å². The van der Waals surface area contributed by atoms with Crippen molar-refractivity contribution in [2.45, 2.75) is 13.3 Å². The van der Waals surface area contributed by atoms with Crippen LogP contribution in [0.5, 0.6) is 0 Å². The highest BCUT2D eigenvalue weighted by Crippen LogP contribution is 2.27. The lowest BCUT2D eigenvalue weighted by Gasteiger charge is -2.21. The van der Waals surface area contributed by atoms with E-state index in [2.05, 4.69) is 17.0 Å². The van der Waals surface area contributed by atoms with Crippen molar-refractivity contribution in [1.29, 1.82) is 0 Å². The quantitative estimate of drug-likeness (QED) is 0.817. The molecule has 0 amide bonds. The Morgan fingerprint density at radius 1 is 1.53 bits per heavy atom. The van der Waals surface area contributed by atoms with Gasteiger partial charge in [0, 0.05) is 18.8 Å². The van der Waals surface area contributed by atoms with Crippen molar-refractivity contribution in [3.8, 4) is 0 Å². The maximum absolute atomic E-state index is 10.8. The fraction of sp³-hybridized carbons (Fsp3) is 0.417. The minimum Gasteiger partial charge on any atom is -0.481 e. The Morgan fingerprint density at radius 3 is 3.00 bits per heavy atom. The predicted molar refractivity (Wildman–Crippen MR) is 59.2 cm³/mol. The number of hydrogen-bond donors (Lipinski definition) is 1. The van der Waals surface area contributed by atoms with E-state index < -0.39 is 5.97 Å². The van der Waals surface area contributed by atoms with Crippen LogP contribution in [-0.2, 0) is 11.2 Å². The molecule has 1 heterocycles. The third-order valence-corrected chi connectivity index (χ3v) is 2.90. The Bertz CT molecular complexity index is 376. The molecule has 0 saturated heterocycles. The molecule has 1 atom stereocenters. The Hall–Kier alpha value is -1.51. The van der Waals surface area contributed by atoms with Gasteiger partial charge in [0.2, 0.25) is 0 Å². The van der Waals surface area contributed by atoms with Crippen LogP contribution in [0, 0.1) is 5.92 Å². The Labute approximate surface area is 89.3 Å². The maximum Gasteiger partial charge on any atom is 0.308 e. The van der Waals surface area contributed by atoms with Crippen LogP contribution in [0.1, 0.15) is 12.5 Å². The lowest BCUT2D eigenvalue weighted by Crippen LogP contribution is -2.30. The van der Waals surface area contributed by atoms with Gasteiger partial charge in [0.25, 0.3) is 0 Å². The summed E-state index contributed by atoms with van der Waals surface area (Å²) in [5, 5.41) is 8.86. The third kappa shape index (κ3) is 1.96. The molecule has 0 radical (unpaired) electrons. The number of nitrogens with zero attached hydrogens (tertiary/aromatic N) is 1. The van der Waals surface area contributed by atoms with Gasteiger partial charge < -0.3 is 10.0 Å². The maximum atomic E-state index is 10.8. The average Bonchev–Trinajstić information content (AvgIpc) is 2.62. The molecule has 1 unspecified atom stereocenters. The van der Waals surface area contributed by atoms with Gasteiger partial charge in [-0.15, -0.1) is 0 Å². The second-order valence-electron chi connectivity index (χ2n) is 4.06. The van der Waals surface area contributed by atoms with Crippen molar-refractivity contribution >= 4 is 11.7 Å². The van der Waals surface area contributed by atoms with Gasteiger partial charge in [-0.05, 0) is 18.1 Å². The standard InChI is InChI=1S/C12H15NO2/c1-9(12(14)15)8-13-7-6-10-4-2-3-5-11(10)13/h2-5,9H,6-8H2,1H3,(H,14,15). The van der Waals surface area contributed by atoms with Crippen LogP contribution in [0.2, 0.25) is 0 Å². The number of para-hydroxylation sites is 1. The van der Waals surface area contributed by atoms with E-state index >= 15 is 0 Å². The molecule has 0 fully saturated rings. The zero-order valence-corrected chi connectivity index (χ0v) is 8.81. The first kappa shape index (κ1) is 10.0. The van der Waals surface area contributed by atoms with E-state index in [4.69, 9.17) is 5.11 Å². The molecule has 0 aliphatic carbocycles. The molecule has 1 aromatic rings. The first-order valence-electron chi connectivity index (χ1n) is 5.24. The Morgan fingerprint density at radius 2 is 2.27 bits per heavy atom. The fourth-order valence-corrected chi connectivity index (χ4v) is 2.00. The van der Waals surface area contributed by atoms with E-state index in [9.17, 15) is 4.79 Å². The van der Waals surface area contributed by atoms with Crippen LogP contribution in [-0.4, -0.2) is 24.2 Å². The highest BCUT2D eigenvalue weighted by Gasteiger charge is 2.22. The van der Waals surface area contributed by atoms with Gasteiger partial charge in [-0.3, -0.25) is 4.79 Å².